The number of nitrogens with one attached hydrogen (secondary N) is 3. The SMILES string of the molecule is O=C(Nc1ccc2nc(-c3ccccn3)[nH]c2c1)c1cc(=O)[nH]c2cc(F)ccc12. The minimum Gasteiger partial charge on any atom is -0.337 e. The summed E-state index contributed by atoms with van der Waals surface area (Å²) in [7, 11) is 0. The molecule has 0 fully saturated rings. The van der Waals surface area contributed by atoms with Crippen LogP contribution in [-0.2, 0) is 0 Å². The summed E-state index contributed by atoms with van der Waals surface area (Å²) in [5.74, 6) is -0.345. The molecule has 0 aliphatic carbocycles. The molecule has 2 aromatic carbocycles. The van der Waals surface area contributed by atoms with Gasteiger partial charge in [0.2, 0.25) is 5.56 Å². The molecule has 0 atom stereocenters. The summed E-state index contributed by atoms with van der Waals surface area (Å²) in [5, 5.41) is 3.24. The Hall–Kier alpha value is -4.33. The van der Waals surface area contributed by atoms with E-state index in [4.69, 9.17) is 0 Å². The Morgan fingerprint density at radius 1 is 0.967 bits per heavy atom. The van der Waals surface area contributed by atoms with Crippen molar-refractivity contribution < 1.29 is 9.18 Å². The van der Waals surface area contributed by atoms with Crippen LogP contribution in [0.15, 0.2) is 71.7 Å². The van der Waals surface area contributed by atoms with E-state index in [-0.39, 0.29) is 11.1 Å². The van der Waals surface area contributed by atoms with Gasteiger partial charge in [-0.2, -0.15) is 0 Å². The van der Waals surface area contributed by atoms with Gasteiger partial charge < -0.3 is 15.3 Å². The van der Waals surface area contributed by atoms with E-state index in [0.29, 0.717) is 22.6 Å². The number of pyridine rings is 2. The molecule has 0 radical (unpaired) electrons. The molecule has 3 aromatic heterocycles. The summed E-state index contributed by atoms with van der Waals surface area (Å²) in [6, 6.07) is 15.9. The highest BCUT2D eigenvalue weighted by Crippen LogP contribution is 2.23. The number of anilines is 1. The third-order valence-corrected chi connectivity index (χ3v) is 4.70. The predicted octanol–water partition coefficient (Wildman–Crippen LogP) is 3.86. The zero-order chi connectivity index (χ0) is 20.7. The molecular weight excluding hydrogens is 385 g/mol. The van der Waals surface area contributed by atoms with Crippen LogP contribution in [-0.4, -0.2) is 25.8 Å². The zero-order valence-electron chi connectivity index (χ0n) is 15.4. The minimum absolute atomic E-state index is 0.160. The first kappa shape index (κ1) is 17.7. The highest BCUT2D eigenvalue weighted by atomic mass is 19.1. The summed E-state index contributed by atoms with van der Waals surface area (Å²) in [6.07, 6.45) is 1.69. The Bertz CT molecular complexity index is 1470. The van der Waals surface area contributed by atoms with Gasteiger partial charge in [0.25, 0.3) is 5.91 Å². The van der Waals surface area contributed by atoms with Gasteiger partial charge in [-0.1, -0.05) is 6.07 Å². The number of hydrogen-bond donors (Lipinski definition) is 3. The number of H-pyrrole nitrogens is 2. The van der Waals surface area contributed by atoms with E-state index in [1.54, 1.807) is 24.4 Å². The molecule has 0 aliphatic rings. The second-order valence-electron chi connectivity index (χ2n) is 6.72. The van der Waals surface area contributed by atoms with Gasteiger partial charge in [-0.3, -0.25) is 14.6 Å². The molecular formula is C22H14FN5O2. The van der Waals surface area contributed by atoms with Crippen LogP contribution in [0.25, 0.3) is 33.5 Å². The standard InChI is InChI=1S/C22H14FN5O2/c23-12-4-6-14-15(11-20(29)26-18(14)9-12)22(30)25-13-5-7-16-19(10-13)28-21(27-16)17-3-1-2-8-24-17/h1-11H,(H,25,30)(H,26,29)(H,27,28). The average molecular weight is 399 g/mol. The molecule has 0 unspecified atom stereocenters. The molecule has 7 nitrogen and oxygen atoms in total. The van der Waals surface area contributed by atoms with Crippen molar-refractivity contribution in [1.82, 2.24) is 19.9 Å². The number of hydrogen-bond acceptors (Lipinski definition) is 4. The summed E-state index contributed by atoms with van der Waals surface area (Å²) in [4.78, 5) is 39.3. The number of carbonyl (C=O) groups excluding carboxylic acids is 1. The Morgan fingerprint density at radius 3 is 2.70 bits per heavy atom. The lowest BCUT2D eigenvalue weighted by atomic mass is 10.1. The van der Waals surface area contributed by atoms with E-state index in [0.717, 1.165) is 11.0 Å². The van der Waals surface area contributed by atoms with Crippen LogP contribution in [0.5, 0.6) is 0 Å². The Labute approximate surface area is 168 Å². The summed E-state index contributed by atoms with van der Waals surface area (Å²) in [6.45, 7) is 0. The molecule has 3 N–H and O–H groups in total. The van der Waals surface area contributed by atoms with Crippen molar-refractivity contribution in [3.05, 3.63) is 88.6 Å². The van der Waals surface area contributed by atoms with Gasteiger partial charge in [0.15, 0.2) is 5.82 Å². The first-order chi connectivity index (χ1) is 14.6. The van der Waals surface area contributed by atoms with Crippen molar-refractivity contribution in [1.29, 1.82) is 0 Å². The normalized spacial score (nSPS) is 11.1. The molecule has 0 aliphatic heterocycles. The molecule has 0 bridgehead atoms. The lowest BCUT2D eigenvalue weighted by Crippen LogP contribution is -2.17. The molecule has 5 aromatic rings. The highest BCUT2D eigenvalue weighted by Gasteiger charge is 2.14. The summed E-state index contributed by atoms with van der Waals surface area (Å²) >= 11 is 0. The molecule has 0 saturated carbocycles. The van der Waals surface area contributed by atoms with Crippen molar-refractivity contribution in [2.45, 2.75) is 0 Å². The molecule has 146 valence electrons. The van der Waals surface area contributed by atoms with Crippen LogP contribution in [0.1, 0.15) is 10.4 Å². The number of carbonyl (C=O) groups is 1. The zero-order valence-corrected chi connectivity index (χ0v) is 15.4. The summed E-state index contributed by atoms with van der Waals surface area (Å²) in [5.41, 5.74) is 2.63. The molecule has 0 spiro atoms. The van der Waals surface area contributed by atoms with Crippen LogP contribution in [0.4, 0.5) is 10.1 Å². The van der Waals surface area contributed by atoms with Crippen LogP contribution >= 0.6 is 0 Å². The Morgan fingerprint density at radius 2 is 1.87 bits per heavy atom. The largest absolute Gasteiger partial charge is 0.337 e. The molecule has 1 amide bonds. The second kappa shape index (κ2) is 6.93. The first-order valence-corrected chi connectivity index (χ1v) is 9.12. The lowest BCUT2D eigenvalue weighted by Gasteiger charge is -2.08. The molecule has 8 heteroatoms. The second-order valence-corrected chi connectivity index (χ2v) is 6.72. The van der Waals surface area contributed by atoms with Gasteiger partial charge in [0.1, 0.15) is 11.5 Å². The van der Waals surface area contributed by atoms with Crippen molar-refractivity contribution in [2.75, 3.05) is 5.32 Å². The third kappa shape index (κ3) is 3.20. The smallest absolute Gasteiger partial charge is 0.256 e. The maximum atomic E-state index is 13.5. The average Bonchev–Trinajstić information content (AvgIpc) is 3.17. The number of aromatic nitrogens is 4. The molecule has 30 heavy (non-hydrogen) atoms. The van der Waals surface area contributed by atoms with Crippen molar-refractivity contribution in [3.63, 3.8) is 0 Å². The third-order valence-electron chi connectivity index (χ3n) is 4.70. The fraction of sp³-hybridized carbons (Fsp3) is 0. The van der Waals surface area contributed by atoms with Gasteiger partial charge in [-0.05, 0) is 48.5 Å². The number of nitrogens with zero attached hydrogens (tertiary/aromatic N) is 2. The topological polar surface area (TPSA) is 104 Å². The number of aromatic amines is 2. The van der Waals surface area contributed by atoms with Gasteiger partial charge in [0.05, 0.1) is 22.1 Å². The Balaban J connectivity index is 1.49. The van der Waals surface area contributed by atoms with Gasteiger partial charge in [0, 0.05) is 23.3 Å². The highest BCUT2D eigenvalue weighted by molar-refractivity contribution is 6.12. The van der Waals surface area contributed by atoms with E-state index >= 15 is 0 Å². The number of rotatable bonds is 3. The maximum absolute atomic E-state index is 13.5. The van der Waals surface area contributed by atoms with Gasteiger partial charge in [-0.25, -0.2) is 9.37 Å². The minimum atomic E-state index is -0.496. The van der Waals surface area contributed by atoms with Crippen molar-refractivity contribution in [3.8, 4) is 11.5 Å². The Kier molecular flexibility index (Phi) is 4.10. The first-order valence-electron chi connectivity index (χ1n) is 9.12. The fourth-order valence-corrected chi connectivity index (χ4v) is 3.33. The number of benzene rings is 2. The molecule has 3 heterocycles. The fourth-order valence-electron chi connectivity index (χ4n) is 3.33. The molecule has 0 saturated heterocycles. The number of amides is 1. The van der Waals surface area contributed by atoms with Crippen LogP contribution < -0.4 is 10.9 Å². The monoisotopic (exact) mass is 399 g/mol. The van der Waals surface area contributed by atoms with Crippen LogP contribution in [0.3, 0.4) is 0 Å². The quantitative estimate of drug-likeness (QED) is 0.429. The van der Waals surface area contributed by atoms with E-state index in [1.165, 1.54) is 24.3 Å². The van der Waals surface area contributed by atoms with E-state index in [9.17, 15) is 14.0 Å². The lowest BCUT2D eigenvalue weighted by molar-refractivity contribution is 0.102. The number of fused-ring (bicyclic) bond motifs is 2. The molecule has 5 rings (SSSR count). The van der Waals surface area contributed by atoms with Gasteiger partial charge >= 0.3 is 0 Å². The van der Waals surface area contributed by atoms with Crippen molar-refractivity contribution >= 4 is 33.5 Å². The van der Waals surface area contributed by atoms with Crippen LogP contribution in [0, 0.1) is 5.82 Å². The van der Waals surface area contributed by atoms with Gasteiger partial charge in [-0.15, -0.1) is 0 Å². The summed E-state index contributed by atoms with van der Waals surface area (Å²) < 4.78 is 13.5. The van der Waals surface area contributed by atoms with Crippen LogP contribution in [0.2, 0.25) is 0 Å². The predicted molar refractivity (Wildman–Crippen MR) is 112 cm³/mol. The number of halogens is 1. The van der Waals surface area contributed by atoms with E-state index in [1.807, 2.05) is 18.2 Å². The maximum Gasteiger partial charge on any atom is 0.256 e. The van der Waals surface area contributed by atoms with Crippen molar-refractivity contribution in [2.24, 2.45) is 0 Å². The number of imidazole rings is 1. The van der Waals surface area contributed by atoms with E-state index in [2.05, 4.69) is 25.3 Å². The van der Waals surface area contributed by atoms with E-state index < -0.39 is 17.3 Å².